The molecule has 0 saturated carbocycles. The molecule has 12 nitrogen and oxygen atoms in total. The number of amides is 1. The highest BCUT2D eigenvalue weighted by Gasteiger charge is 2.16. The molecule has 0 aromatic heterocycles. The van der Waals surface area contributed by atoms with E-state index in [1.807, 2.05) is 0 Å². The number of nitrogens with one attached hydrogen (secondary N) is 1. The number of Topliss-reactive ketones (excluding diaryl/α,β-unsaturated/α-hetero) is 8. The van der Waals surface area contributed by atoms with Crippen LogP contribution in [0.5, 0.6) is 0 Å². The maximum Gasteiger partial charge on any atom is 0.219 e. The average Bonchev–Trinajstić information content (AvgIpc) is 3.31. The molecular formula is C60H113N3O9. The predicted molar refractivity (Wildman–Crippen MR) is 300 cm³/mol. The van der Waals surface area contributed by atoms with Gasteiger partial charge in [-0.15, -0.1) is 0 Å². The van der Waals surface area contributed by atoms with Gasteiger partial charge in [0.2, 0.25) is 5.91 Å². The topological polar surface area (TPSA) is 172 Å². The molecule has 1 heterocycles. The number of piperazine rings is 1. The van der Waals surface area contributed by atoms with Gasteiger partial charge in [0.15, 0.2) is 0 Å². The van der Waals surface area contributed by atoms with Crippen molar-refractivity contribution < 1.29 is 43.2 Å². The van der Waals surface area contributed by atoms with E-state index in [9.17, 15) is 43.2 Å². The van der Waals surface area contributed by atoms with Gasteiger partial charge in [-0.2, -0.15) is 0 Å². The largest absolute Gasteiger partial charge is 0.356 e. The smallest absolute Gasteiger partial charge is 0.219 e. The summed E-state index contributed by atoms with van der Waals surface area (Å²) in [5.41, 5.74) is 0. The van der Waals surface area contributed by atoms with Crippen molar-refractivity contribution >= 4 is 52.2 Å². The number of carbonyl (C=O) groups is 9. The van der Waals surface area contributed by atoms with Crippen molar-refractivity contribution in [3.05, 3.63) is 0 Å². The first-order valence-corrected chi connectivity index (χ1v) is 29.0. The molecule has 0 atom stereocenters. The van der Waals surface area contributed by atoms with Crippen LogP contribution in [0.25, 0.3) is 0 Å². The molecule has 1 rings (SSSR count). The SMILES string of the molecule is CC(=O)CCCCCCC(=O)CCC(C)=O.CC(=O)CCCCCCC(C)=O.CCCCCCC(=O)NCCCCCC(C)=O.CCCCCCCCCCC(C)=O.CCCCN1CCN(CC(C)=O)CC1. The van der Waals surface area contributed by atoms with Gasteiger partial charge in [0.25, 0.3) is 0 Å². The lowest BCUT2D eigenvalue weighted by molar-refractivity contribution is -0.123. The van der Waals surface area contributed by atoms with Gasteiger partial charge in [0.1, 0.15) is 46.3 Å². The molecular weight excluding hydrogens is 907 g/mol. The summed E-state index contributed by atoms with van der Waals surface area (Å²) in [4.78, 5) is 102. The van der Waals surface area contributed by atoms with Crippen molar-refractivity contribution in [1.29, 1.82) is 0 Å². The van der Waals surface area contributed by atoms with Crippen LogP contribution in [0, 0.1) is 0 Å². The fraction of sp³-hybridized carbons (Fsp3) is 0.850. The lowest BCUT2D eigenvalue weighted by Gasteiger charge is -2.34. The van der Waals surface area contributed by atoms with Crippen molar-refractivity contribution in [1.82, 2.24) is 15.1 Å². The van der Waals surface area contributed by atoms with Gasteiger partial charge in [-0.25, -0.2) is 0 Å². The van der Waals surface area contributed by atoms with Crippen molar-refractivity contribution in [2.75, 3.05) is 45.8 Å². The molecule has 0 bridgehead atoms. The fourth-order valence-electron chi connectivity index (χ4n) is 7.67. The van der Waals surface area contributed by atoms with E-state index in [2.05, 4.69) is 35.9 Å². The fourth-order valence-corrected chi connectivity index (χ4v) is 7.67. The van der Waals surface area contributed by atoms with E-state index in [1.165, 1.54) is 84.1 Å². The van der Waals surface area contributed by atoms with E-state index in [0.29, 0.717) is 63.7 Å². The van der Waals surface area contributed by atoms with Crippen molar-refractivity contribution in [2.24, 2.45) is 0 Å². The molecule has 422 valence electrons. The summed E-state index contributed by atoms with van der Waals surface area (Å²) in [6.07, 6.45) is 34.0. The molecule has 0 spiro atoms. The first-order valence-electron chi connectivity index (χ1n) is 29.0. The van der Waals surface area contributed by atoms with Crippen molar-refractivity contribution in [2.45, 2.75) is 288 Å². The van der Waals surface area contributed by atoms with Crippen LogP contribution in [0.1, 0.15) is 288 Å². The van der Waals surface area contributed by atoms with Crippen LogP contribution in [0.4, 0.5) is 0 Å². The number of hydrogen-bond acceptors (Lipinski definition) is 11. The van der Waals surface area contributed by atoms with Crippen LogP contribution in [-0.4, -0.2) is 108 Å². The van der Waals surface area contributed by atoms with E-state index in [0.717, 1.165) is 129 Å². The second kappa shape index (κ2) is 58.6. The molecule has 0 aliphatic carbocycles. The van der Waals surface area contributed by atoms with Gasteiger partial charge in [0.05, 0.1) is 6.54 Å². The average molecular weight is 1020 g/mol. The third-order valence-electron chi connectivity index (χ3n) is 12.2. The Bertz CT molecular complexity index is 1360. The summed E-state index contributed by atoms with van der Waals surface area (Å²) < 4.78 is 0. The zero-order valence-corrected chi connectivity index (χ0v) is 48.6. The molecule has 0 aromatic carbocycles. The van der Waals surface area contributed by atoms with Crippen LogP contribution in [-0.2, 0) is 43.2 Å². The van der Waals surface area contributed by atoms with Gasteiger partial charge in [-0.1, -0.05) is 124 Å². The van der Waals surface area contributed by atoms with Crippen LogP contribution in [0.15, 0.2) is 0 Å². The summed E-state index contributed by atoms with van der Waals surface area (Å²) in [5, 5.41) is 2.92. The third-order valence-corrected chi connectivity index (χ3v) is 12.2. The lowest BCUT2D eigenvalue weighted by Crippen LogP contribution is -2.47. The second-order valence-electron chi connectivity index (χ2n) is 20.4. The number of ketones is 8. The molecule has 1 fully saturated rings. The maximum absolute atomic E-state index is 11.4. The monoisotopic (exact) mass is 1020 g/mol. The summed E-state index contributed by atoms with van der Waals surface area (Å²) in [7, 11) is 0. The number of hydrogen-bond donors (Lipinski definition) is 1. The van der Waals surface area contributed by atoms with Gasteiger partial charge in [0, 0.05) is 90.5 Å². The molecule has 0 radical (unpaired) electrons. The van der Waals surface area contributed by atoms with Gasteiger partial charge in [-0.3, -0.25) is 19.3 Å². The Hall–Kier alpha value is -3.25. The number of carbonyl (C=O) groups excluding carboxylic acids is 9. The first kappa shape index (κ1) is 75.3. The van der Waals surface area contributed by atoms with Crippen LogP contribution in [0.3, 0.4) is 0 Å². The number of unbranched alkanes of at least 4 members (excludes halogenated alkanes) is 19. The highest BCUT2D eigenvalue weighted by Crippen LogP contribution is 2.11. The van der Waals surface area contributed by atoms with Crippen LogP contribution >= 0.6 is 0 Å². The van der Waals surface area contributed by atoms with Crippen LogP contribution < -0.4 is 5.32 Å². The minimum atomic E-state index is 0.0785. The Morgan fingerprint density at radius 2 is 0.611 bits per heavy atom. The highest BCUT2D eigenvalue weighted by molar-refractivity contribution is 5.84. The van der Waals surface area contributed by atoms with E-state index in [1.54, 1.807) is 41.5 Å². The molecule has 1 aliphatic heterocycles. The zero-order chi connectivity index (χ0) is 55.0. The molecule has 1 amide bonds. The molecule has 0 aromatic rings. The third kappa shape index (κ3) is 73.3. The Kier molecular flexibility index (Phi) is 61.3. The highest BCUT2D eigenvalue weighted by atomic mass is 16.2. The molecule has 1 N–H and O–H groups in total. The van der Waals surface area contributed by atoms with Crippen molar-refractivity contribution in [3.8, 4) is 0 Å². The van der Waals surface area contributed by atoms with E-state index < -0.39 is 0 Å². The maximum atomic E-state index is 11.4. The molecule has 0 unspecified atom stereocenters. The summed E-state index contributed by atoms with van der Waals surface area (Å²) in [6.45, 7) is 25.0. The molecule has 12 heteroatoms. The predicted octanol–water partition coefficient (Wildman–Crippen LogP) is 13.7. The van der Waals surface area contributed by atoms with Gasteiger partial charge < -0.3 is 39.0 Å². The lowest BCUT2D eigenvalue weighted by atomic mass is 10.0. The van der Waals surface area contributed by atoms with Gasteiger partial charge in [-0.05, 0) is 113 Å². The minimum Gasteiger partial charge on any atom is -0.356 e. The Morgan fingerprint density at radius 1 is 0.306 bits per heavy atom. The molecule has 1 aliphatic rings. The summed E-state index contributed by atoms with van der Waals surface area (Å²) >= 11 is 0. The van der Waals surface area contributed by atoms with Crippen LogP contribution in [0.2, 0.25) is 0 Å². The Labute approximate surface area is 442 Å². The normalized spacial score (nSPS) is 12.0. The van der Waals surface area contributed by atoms with Crippen molar-refractivity contribution in [3.63, 3.8) is 0 Å². The van der Waals surface area contributed by atoms with E-state index in [-0.39, 0.29) is 46.4 Å². The molecule has 1 saturated heterocycles. The Morgan fingerprint density at radius 3 is 0.972 bits per heavy atom. The van der Waals surface area contributed by atoms with E-state index in [4.69, 9.17) is 0 Å². The number of rotatable bonds is 42. The minimum absolute atomic E-state index is 0.0785. The zero-order valence-electron chi connectivity index (χ0n) is 48.6. The van der Waals surface area contributed by atoms with Gasteiger partial charge >= 0.3 is 0 Å². The standard InChI is InChI=1S/C14H27NO2.C13H22O3.C12H24O.C11H22N2O.C10H18O2/c1-3-4-5-8-11-14(17)15-12-9-6-7-10-13(2)16;1-11(14)7-5-3-4-6-8-13(16)10-9-12(2)15;1-3-4-5-6-7-8-9-10-11-12(2)13;1-3-4-5-12-6-8-13(9-7-12)10-11(2)14;1-9(11)7-5-3-4-6-8-10(2)12/h3-12H2,1-2H3,(H,15,17);3-10H2,1-2H3;3-11H2,1-2H3;3-10H2,1-2H3;3-8H2,1-2H3. The molecule has 72 heavy (non-hydrogen) atoms. The number of nitrogens with zero attached hydrogens (tertiary/aromatic N) is 2. The quantitative estimate of drug-likeness (QED) is 0.0577. The summed E-state index contributed by atoms with van der Waals surface area (Å²) in [6, 6.07) is 0. The second-order valence-corrected chi connectivity index (χ2v) is 20.4. The first-order chi connectivity index (χ1) is 34.3. The van der Waals surface area contributed by atoms with E-state index >= 15 is 0 Å². The summed E-state index contributed by atoms with van der Waals surface area (Å²) in [5.74, 6) is 2.08. The Balaban J connectivity index is -0.000000404.